The summed E-state index contributed by atoms with van der Waals surface area (Å²) in [4.78, 5) is 4.09. The molecule has 0 radical (unpaired) electrons. The number of hydrogen-bond donors (Lipinski definition) is 1. The molecule has 0 aliphatic carbocycles. The summed E-state index contributed by atoms with van der Waals surface area (Å²) in [5, 5.41) is 8.33. The molecule has 0 atom stereocenters. The number of sulfonamides is 1. The third-order valence-electron chi connectivity index (χ3n) is 2.24. The van der Waals surface area contributed by atoms with E-state index in [1.165, 1.54) is 22.7 Å². The summed E-state index contributed by atoms with van der Waals surface area (Å²) < 4.78 is 26.6. The molecule has 0 spiro atoms. The van der Waals surface area contributed by atoms with Crippen LogP contribution in [-0.2, 0) is 16.6 Å². The molecule has 0 saturated carbocycles. The smallest absolute Gasteiger partial charge is 0.253 e. The fourth-order valence-corrected chi connectivity index (χ4v) is 4.98. The molecule has 0 aromatic carbocycles. The Balaban J connectivity index is 2.23. The molecular formula is C9H11BrN4O2S2. The fourth-order valence-electron chi connectivity index (χ4n) is 1.35. The third-order valence-corrected chi connectivity index (χ3v) is 6.69. The van der Waals surface area contributed by atoms with Gasteiger partial charge in [-0.05, 0) is 34.3 Å². The highest BCUT2D eigenvalue weighted by Gasteiger charge is 2.25. The van der Waals surface area contributed by atoms with E-state index in [2.05, 4.69) is 31.1 Å². The van der Waals surface area contributed by atoms with E-state index >= 15 is 0 Å². The molecule has 0 aliphatic heterocycles. The Kier molecular flexibility index (Phi) is 3.85. The molecule has 2 rings (SSSR count). The molecule has 0 saturated heterocycles. The molecule has 2 heterocycles. The van der Waals surface area contributed by atoms with Gasteiger partial charge in [-0.25, -0.2) is 13.4 Å². The third kappa shape index (κ3) is 2.63. The van der Waals surface area contributed by atoms with E-state index in [9.17, 15) is 8.42 Å². The van der Waals surface area contributed by atoms with Crippen molar-refractivity contribution in [1.29, 1.82) is 0 Å². The van der Waals surface area contributed by atoms with E-state index in [0.717, 1.165) is 0 Å². The quantitative estimate of drug-likeness (QED) is 0.910. The largest absolute Gasteiger partial charge is 0.263 e. The highest BCUT2D eigenvalue weighted by atomic mass is 79.9. The fraction of sp³-hybridized carbons (Fsp3) is 0.333. The van der Waals surface area contributed by atoms with Crippen LogP contribution in [0.2, 0.25) is 0 Å². The minimum atomic E-state index is -3.50. The maximum Gasteiger partial charge on any atom is 0.253 e. The summed E-state index contributed by atoms with van der Waals surface area (Å²) in [5.74, 6) is 1.11. The van der Waals surface area contributed by atoms with E-state index in [4.69, 9.17) is 0 Å². The lowest BCUT2D eigenvalue weighted by Gasteiger charge is -2.14. The molecule has 0 unspecified atom stereocenters. The SMILES string of the molecule is Cc1nc(CN(C)S(=O)(=O)c2sccc2Br)n[nH]1. The molecule has 0 amide bonds. The van der Waals surface area contributed by atoms with Crippen molar-refractivity contribution in [2.24, 2.45) is 0 Å². The minimum Gasteiger partial charge on any atom is -0.263 e. The van der Waals surface area contributed by atoms with Gasteiger partial charge in [-0.3, -0.25) is 5.10 Å². The van der Waals surface area contributed by atoms with Gasteiger partial charge in [0, 0.05) is 11.5 Å². The lowest BCUT2D eigenvalue weighted by molar-refractivity contribution is 0.458. The zero-order valence-electron chi connectivity index (χ0n) is 9.71. The first-order valence-electron chi connectivity index (χ1n) is 4.98. The number of rotatable bonds is 4. The number of H-pyrrole nitrogens is 1. The van der Waals surface area contributed by atoms with Gasteiger partial charge in [0.15, 0.2) is 5.82 Å². The molecule has 1 N–H and O–H groups in total. The van der Waals surface area contributed by atoms with Crippen LogP contribution in [0.3, 0.4) is 0 Å². The molecule has 0 aliphatic rings. The van der Waals surface area contributed by atoms with E-state index in [0.29, 0.717) is 16.1 Å². The zero-order chi connectivity index (χ0) is 13.3. The molecule has 6 nitrogen and oxygen atoms in total. The van der Waals surface area contributed by atoms with Crippen molar-refractivity contribution in [3.8, 4) is 0 Å². The van der Waals surface area contributed by atoms with Gasteiger partial charge in [0.1, 0.15) is 10.0 Å². The van der Waals surface area contributed by atoms with E-state index < -0.39 is 10.0 Å². The minimum absolute atomic E-state index is 0.136. The molecule has 2 aromatic heterocycles. The Bertz CT molecular complexity index is 649. The number of nitrogens with zero attached hydrogens (tertiary/aromatic N) is 3. The van der Waals surface area contributed by atoms with Gasteiger partial charge >= 0.3 is 0 Å². The second-order valence-electron chi connectivity index (χ2n) is 3.65. The van der Waals surface area contributed by atoms with Crippen molar-refractivity contribution >= 4 is 37.3 Å². The number of hydrogen-bond acceptors (Lipinski definition) is 5. The van der Waals surface area contributed by atoms with E-state index in [1.807, 2.05) is 0 Å². The Morgan fingerprint density at radius 2 is 2.28 bits per heavy atom. The van der Waals surface area contributed by atoms with Crippen molar-refractivity contribution in [3.05, 3.63) is 27.6 Å². The zero-order valence-corrected chi connectivity index (χ0v) is 12.9. The number of thiophene rings is 1. The lowest BCUT2D eigenvalue weighted by Crippen LogP contribution is -2.26. The van der Waals surface area contributed by atoms with Crippen LogP contribution in [0.25, 0.3) is 0 Å². The van der Waals surface area contributed by atoms with Crippen molar-refractivity contribution in [2.75, 3.05) is 7.05 Å². The second-order valence-corrected chi connectivity index (χ2v) is 7.66. The normalized spacial score (nSPS) is 12.2. The van der Waals surface area contributed by atoms with Gasteiger partial charge in [-0.1, -0.05) is 0 Å². The van der Waals surface area contributed by atoms with Crippen molar-refractivity contribution < 1.29 is 8.42 Å². The van der Waals surface area contributed by atoms with Gasteiger partial charge in [0.2, 0.25) is 0 Å². The van der Waals surface area contributed by atoms with Crippen LogP contribution in [0.1, 0.15) is 11.6 Å². The van der Waals surface area contributed by atoms with Crippen molar-refractivity contribution in [3.63, 3.8) is 0 Å². The molecule has 0 bridgehead atoms. The first-order chi connectivity index (χ1) is 8.41. The summed E-state index contributed by atoms with van der Waals surface area (Å²) >= 11 is 4.40. The van der Waals surface area contributed by atoms with Gasteiger partial charge in [0.05, 0.1) is 6.54 Å². The van der Waals surface area contributed by atoms with Crippen LogP contribution < -0.4 is 0 Å². The highest BCUT2D eigenvalue weighted by molar-refractivity contribution is 9.10. The average molecular weight is 351 g/mol. The Morgan fingerprint density at radius 1 is 1.56 bits per heavy atom. The van der Waals surface area contributed by atoms with Gasteiger partial charge in [0.25, 0.3) is 10.0 Å². The van der Waals surface area contributed by atoms with Gasteiger partial charge in [-0.15, -0.1) is 11.3 Å². The Labute approximate surface area is 117 Å². The lowest BCUT2D eigenvalue weighted by atomic mass is 10.6. The maximum absolute atomic E-state index is 12.3. The number of aromatic nitrogens is 3. The van der Waals surface area contributed by atoms with Gasteiger partial charge < -0.3 is 0 Å². The van der Waals surface area contributed by atoms with Crippen LogP contribution in [0.4, 0.5) is 0 Å². The average Bonchev–Trinajstić information content (AvgIpc) is 2.87. The van der Waals surface area contributed by atoms with Crippen LogP contribution in [0.5, 0.6) is 0 Å². The molecule has 98 valence electrons. The Morgan fingerprint density at radius 3 is 2.78 bits per heavy atom. The standard InChI is InChI=1S/C9H11BrN4O2S2/c1-6-11-8(13-12-6)5-14(2)18(15,16)9-7(10)3-4-17-9/h3-4H,5H2,1-2H3,(H,11,12,13). The molecule has 18 heavy (non-hydrogen) atoms. The van der Waals surface area contributed by atoms with Crippen molar-refractivity contribution in [2.45, 2.75) is 17.7 Å². The highest BCUT2D eigenvalue weighted by Crippen LogP contribution is 2.30. The predicted molar refractivity (Wildman–Crippen MR) is 71.8 cm³/mol. The first-order valence-corrected chi connectivity index (χ1v) is 8.09. The summed E-state index contributed by atoms with van der Waals surface area (Å²) in [6.07, 6.45) is 0. The van der Waals surface area contributed by atoms with Crippen LogP contribution >= 0.6 is 27.3 Å². The number of nitrogens with one attached hydrogen (secondary N) is 1. The summed E-state index contributed by atoms with van der Waals surface area (Å²) in [6.45, 7) is 1.90. The molecule has 9 heteroatoms. The Hall–Kier alpha value is -0.770. The number of halogens is 1. The maximum atomic E-state index is 12.3. The first kappa shape index (κ1) is 13.7. The monoisotopic (exact) mass is 350 g/mol. The predicted octanol–water partition coefficient (Wildman–Crippen LogP) is 1.76. The summed E-state index contributed by atoms with van der Waals surface area (Å²) in [7, 11) is -2.00. The summed E-state index contributed by atoms with van der Waals surface area (Å²) in [5.41, 5.74) is 0. The number of aryl methyl sites for hydroxylation is 1. The number of aromatic amines is 1. The van der Waals surface area contributed by atoms with Gasteiger partial charge in [-0.2, -0.15) is 9.40 Å². The van der Waals surface area contributed by atoms with Crippen LogP contribution in [-0.4, -0.2) is 35.0 Å². The van der Waals surface area contributed by atoms with Crippen molar-refractivity contribution in [1.82, 2.24) is 19.5 Å². The summed E-state index contributed by atoms with van der Waals surface area (Å²) in [6, 6.07) is 1.71. The topological polar surface area (TPSA) is 79.0 Å². The second kappa shape index (κ2) is 5.08. The molecule has 0 fully saturated rings. The van der Waals surface area contributed by atoms with E-state index in [-0.39, 0.29) is 10.8 Å². The van der Waals surface area contributed by atoms with Crippen LogP contribution in [0, 0.1) is 6.92 Å². The van der Waals surface area contributed by atoms with E-state index in [1.54, 1.807) is 18.4 Å². The van der Waals surface area contributed by atoms with Crippen LogP contribution in [0.15, 0.2) is 20.1 Å². The molecule has 2 aromatic rings. The molecular weight excluding hydrogens is 340 g/mol.